The SMILES string of the molecule is NNC(=O)CCCCC(=O)NN.NNC(=O)CCCCCCCCCCC(=O)NN.NNC(=O)c1ccc(C(=O)NN)cc1.NNC(=O)c1cccc(C(=O)NN)c1. The van der Waals surface area contributed by atoms with Crippen molar-refractivity contribution in [2.45, 2.75) is 89.9 Å². The second kappa shape index (κ2) is 35.3. The summed E-state index contributed by atoms with van der Waals surface area (Å²) in [4.78, 5) is 86.9. The molecule has 0 aromatic heterocycles. The second-order valence-corrected chi connectivity index (χ2v) is 11.9. The van der Waals surface area contributed by atoms with E-state index < -0.39 is 23.6 Å². The normalized spacial score (nSPS) is 9.52. The van der Waals surface area contributed by atoms with Crippen molar-refractivity contribution in [1.82, 2.24) is 43.4 Å². The summed E-state index contributed by atoms with van der Waals surface area (Å²) in [7, 11) is 0. The van der Waals surface area contributed by atoms with Crippen molar-refractivity contribution in [1.29, 1.82) is 0 Å². The molecule has 0 spiro atoms. The van der Waals surface area contributed by atoms with Crippen LogP contribution in [-0.4, -0.2) is 47.3 Å². The molecule has 0 saturated carbocycles. The highest BCUT2D eigenvalue weighted by Gasteiger charge is 2.08. The highest BCUT2D eigenvalue weighted by molar-refractivity contribution is 5.99. The van der Waals surface area contributed by atoms with E-state index in [9.17, 15) is 38.4 Å². The Hall–Kier alpha value is -6.12. The van der Waals surface area contributed by atoms with Crippen molar-refractivity contribution in [3.05, 3.63) is 70.8 Å². The maximum atomic E-state index is 11.1. The van der Waals surface area contributed by atoms with E-state index in [-0.39, 0.29) is 23.6 Å². The van der Waals surface area contributed by atoms with Crippen molar-refractivity contribution in [3.63, 3.8) is 0 Å². The lowest BCUT2D eigenvalue weighted by molar-refractivity contribution is -0.123. The van der Waals surface area contributed by atoms with E-state index in [0.29, 0.717) is 60.8 Å². The smallest absolute Gasteiger partial charge is 0.265 e. The van der Waals surface area contributed by atoms with Crippen LogP contribution in [0.3, 0.4) is 0 Å². The van der Waals surface area contributed by atoms with Crippen molar-refractivity contribution in [2.75, 3.05) is 0 Å². The number of unbranched alkanes of at least 4 members (excludes halogenated alkanes) is 8. The average molecular weight is 821 g/mol. The number of benzene rings is 2. The summed E-state index contributed by atoms with van der Waals surface area (Å²) in [6, 6.07) is 11.9. The van der Waals surface area contributed by atoms with E-state index in [0.717, 1.165) is 38.5 Å². The third-order valence-corrected chi connectivity index (χ3v) is 7.58. The topological polar surface area (TPSA) is 441 Å². The predicted octanol–water partition coefficient (Wildman–Crippen LogP) is -2.82. The van der Waals surface area contributed by atoms with Gasteiger partial charge in [0.1, 0.15) is 0 Å². The molecule has 2 aromatic rings. The Labute approximate surface area is 336 Å². The van der Waals surface area contributed by atoms with Gasteiger partial charge in [0.15, 0.2) is 0 Å². The highest BCUT2D eigenvalue weighted by Crippen LogP contribution is 2.10. The second-order valence-electron chi connectivity index (χ2n) is 11.9. The number of hydrogen-bond acceptors (Lipinski definition) is 16. The summed E-state index contributed by atoms with van der Waals surface area (Å²) in [5, 5.41) is 0. The number of nitrogen functional groups attached to an aromatic ring is 4. The molecule has 0 fully saturated rings. The molecule has 0 aliphatic carbocycles. The zero-order valence-electron chi connectivity index (χ0n) is 32.4. The third kappa shape index (κ3) is 27.5. The first kappa shape index (κ1) is 54.0. The van der Waals surface area contributed by atoms with Crippen LogP contribution >= 0.6 is 0 Å². The minimum Gasteiger partial charge on any atom is -0.294 e. The van der Waals surface area contributed by atoms with Crippen LogP contribution in [0.15, 0.2) is 48.5 Å². The Balaban J connectivity index is 0. The molecule has 0 aliphatic rings. The first-order valence-corrected chi connectivity index (χ1v) is 18.0. The molecule has 0 unspecified atom stereocenters. The zero-order chi connectivity index (χ0) is 44.1. The number of nitrogens with two attached hydrogens (primary N) is 8. The van der Waals surface area contributed by atoms with E-state index >= 15 is 0 Å². The first-order chi connectivity index (χ1) is 27.8. The lowest BCUT2D eigenvalue weighted by Gasteiger charge is -2.02. The molecule has 24 nitrogen and oxygen atoms in total. The molecule has 0 aliphatic heterocycles. The Morgan fingerprint density at radius 3 is 0.776 bits per heavy atom. The van der Waals surface area contributed by atoms with Crippen molar-refractivity contribution in [3.8, 4) is 0 Å². The summed E-state index contributed by atoms with van der Waals surface area (Å²) in [6.07, 6.45) is 11.6. The van der Waals surface area contributed by atoms with Crippen LogP contribution in [0.4, 0.5) is 0 Å². The first-order valence-electron chi connectivity index (χ1n) is 18.0. The van der Waals surface area contributed by atoms with E-state index in [4.69, 9.17) is 46.7 Å². The molecule has 8 amide bonds. The molecule has 0 saturated heterocycles. The van der Waals surface area contributed by atoms with Gasteiger partial charge in [0.25, 0.3) is 23.6 Å². The molecule has 0 bridgehead atoms. The van der Waals surface area contributed by atoms with E-state index in [1.165, 1.54) is 55.3 Å². The maximum absolute atomic E-state index is 11.1. The van der Waals surface area contributed by atoms with Crippen LogP contribution in [-0.2, 0) is 19.2 Å². The molecule has 24 N–H and O–H groups in total. The Bertz CT molecular complexity index is 1440. The van der Waals surface area contributed by atoms with Crippen LogP contribution in [0, 0.1) is 0 Å². The monoisotopic (exact) mass is 820 g/mol. The van der Waals surface area contributed by atoms with Crippen LogP contribution < -0.4 is 90.1 Å². The Kier molecular flexibility index (Phi) is 32.9. The van der Waals surface area contributed by atoms with Gasteiger partial charge in [0.2, 0.25) is 23.6 Å². The minimum absolute atomic E-state index is 0.0896. The van der Waals surface area contributed by atoms with Crippen LogP contribution in [0.2, 0.25) is 0 Å². The summed E-state index contributed by atoms with van der Waals surface area (Å²) < 4.78 is 0. The van der Waals surface area contributed by atoms with Crippen LogP contribution in [0.5, 0.6) is 0 Å². The summed E-state index contributed by atoms with van der Waals surface area (Å²) >= 11 is 0. The average Bonchev–Trinajstić information content (AvgIpc) is 3.27. The lowest BCUT2D eigenvalue weighted by atomic mass is 10.1. The van der Waals surface area contributed by atoms with Gasteiger partial charge in [-0.1, -0.05) is 44.6 Å². The van der Waals surface area contributed by atoms with Crippen LogP contribution in [0.1, 0.15) is 131 Å². The lowest BCUT2D eigenvalue weighted by Crippen LogP contribution is -2.32. The quantitative estimate of drug-likeness (QED) is 0.0277. The van der Waals surface area contributed by atoms with Crippen molar-refractivity contribution < 1.29 is 38.4 Å². The number of hydrazine groups is 8. The number of amides is 8. The summed E-state index contributed by atoms with van der Waals surface area (Å²) in [5.41, 5.74) is 17.5. The van der Waals surface area contributed by atoms with Crippen LogP contribution in [0.25, 0.3) is 0 Å². The molecule has 2 aromatic carbocycles. The minimum atomic E-state index is -0.461. The molecule has 0 radical (unpaired) electrons. The van der Waals surface area contributed by atoms with E-state index in [1.807, 2.05) is 32.6 Å². The number of carbonyl (C=O) groups excluding carboxylic acids is 8. The Morgan fingerprint density at radius 2 is 0.534 bits per heavy atom. The van der Waals surface area contributed by atoms with Gasteiger partial charge in [-0.2, -0.15) is 0 Å². The Morgan fingerprint density at radius 1 is 0.310 bits per heavy atom. The largest absolute Gasteiger partial charge is 0.294 e. The van der Waals surface area contributed by atoms with Gasteiger partial charge in [-0.3, -0.25) is 81.8 Å². The molecule has 0 atom stereocenters. The molecule has 58 heavy (non-hydrogen) atoms. The maximum Gasteiger partial charge on any atom is 0.265 e. The number of nitrogens with one attached hydrogen (secondary N) is 8. The van der Waals surface area contributed by atoms with Gasteiger partial charge in [-0.15, -0.1) is 0 Å². The van der Waals surface area contributed by atoms with Gasteiger partial charge >= 0.3 is 0 Å². The number of rotatable bonds is 20. The van der Waals surface area contributed by atoms with E-state index in [2.05, 4.69) is 10.9 Å². The standard InChI is InChI=1S/C12H26N4O2.2C8H10N4O2.C6H14N4O2/c13-15-11(17)9-7-5-3-1-2-4-6-8-10-12(18)16-14;9-11-7(13)5-1-2-6(4-3-5)8(14)12-10;9-11-7(13)5-2-1-3-6(4-5)8(14)12-10;7-9-5(11)3-1-2-4-6(12)10-8/h1-10,13-14H2,(H,15,17)(H,16,18);2*1-4H,9-10H2,(H,11,13)(H,12,14);1-4,7-8H2,(H,9,11)(H,10,12). The number of hydrogen-bond donors (Lipinski definition) is 16. The van der Waals surface area contributed by atoms with Crippen molar-refractivity contribution >= 4 is 47.3 Å². The number of carbonyl (C=O) groups is 8. The summed E-state index contributed by atoms with van der Waals surface area (Å²) in [6.45, 7) is 0. The molecule has 0 heterocycles. The molecule has 324 valence electrons. The molecule has 2 rings (SSSR count). The fourth-order valence-corrected chi connectivity index (χ4v) is 4.40. The third-order valence-electron chi connectivity index (χ3n) is 7.58. The van der Waals surface area contributed by atoms with Gasteiger partial charge < -0.3 is 0 Å². The van der Waals surface area contributed by atoms with Gasteiger partial charge in [-0.05, 0) is 68.1 Å². The van der Waals surface area contributed by atoms with Gasteiger partial charge in [-0.25, -0.2) is 46.7 Å². The van der Waals surface area contributed by atoms with E-state index in [1.54, 1.807) is 6.07 Å². The van der Waals surface area contributed by atoms with Gasteiger partial charge in [0.05, 0.1) is 0 Å². The zero-order valence-corrected chi connectivity index (χ0v) is 32.4. The van der Waals surface area contributed by atoms with Gasteiger partial charge in [0, 0.05) is 47.9 Å². The predicted molar refractivity (Wildman–Crippen MR) is 213 cm³/mol. The fraction of sp³-hybridized carbons (Fsp3) is 0.412. The molecule has 24 heteroatoms. The highest BCUT2D eigenvalue weighted by atomic mass is 16.2. The van der Waals surface area contributed by atoms with Crippen molar-refractivity contribution in [2.24, 2.45) is 46.7 Å². The molecular weight excluding hydrogens is 760 g/mol. The fourth-order valence-electron chi connectivity index (χ4n) is 4.40. The molecular formula is C34H60N16O8. The summed E-state index contributed by atoms with van der Waals surface area (Å²) in [5.74, 6) is 37.0.